The Balaban J connectivity index is 2.72. The molecule has 1 aromatic heterocycles. The van der Waals surface area contributed by atoms with Gasteiger partial charge in [-0.05, 0) is 19.9 Å². The van der Waals surface area contributed by atoms with Crippen LogP contribution in [0.3, 0.4) is 0 Å². The van der Waals surface area contributed by atoms with Crippen molar-refractivity contribution in [2.75, 3.05) is 7.05 Å². The first-order valence-corrected chi connectivity index (χ1v) is 4.03. The smallest absolute Gasteiger partial charge is 0.255 e. The molecule has 0 atom stereocenters. The molecule has 12 heavy (non-hydrogen) atoms. The van der Waals surface area contributed by atoms with E-state index in [1.165, 1.54) is 0 Å². The first-order valence-electron chi connectivity index (χ1n) is 4.03. The fourth-order valence-corrected chi connectivity index (χ4v) is 0.895. The van der Waals surface area contributed by atoms with Gasteiger partial charge >= 0.3 is 0 Å². The zero-order valence-electron chi connectivity index (χ0n) is 7.66. The average Bonchev–Trinajstić information content (AvgIpc) is 2.53. The van der Waals surface area contributed by atoms with Gasteiger partial charge < -0.3 is 9.88 Å². The van der Waals surface area contributed by atoms with Crippen molar-refractivity contribution in [1.29, 1.82) is 0 Å². The summed E-state index contributed by atoms with van der Waals surface area (Å²) in [7, 11) is 1.81. The van der Waals surface area contributed by atoms with Gasteiger partial charge in [0.2, 0.25) is 0 Å². The minimum Gasteiger partial charge on any atom is -0.367 e. The summed E-state index contributed by atoms with van der Waals surface area (Å²) < 4.78 is 0. The van der Waals surface area contributed by atoms with Gasteiger partial charge in [-0.25, -0.2) is 0 Å². The van der Waals surface area contributed by atoms with Crippen LogP contribution in [-0.4, -0.2) is 28.9 Å². The maximum absolute atomic E-state index is 11.6. The molecule has 1 N–H and O–H groups in total. The molecule has 1 aromatic rings. The number of hydrogen-bond donors (Lipinski definition) is 1. The lowest BCUT2D eigenvalue weighted by Gasteiger charge is -2.20. The highest BCUT2D eigenvalue weighted by atomic mass is 16.2. The Hall–Kier alpha value is -1.25. The van der Waals surface area contributed by atoms with E-state index in [1.54, 1.807) is 30.4 Å². The van der Waals surface area contributed by atoms with Crippen LogP contribution in [-0.2, 0) is 0 Å². The van der Waals surface area contributed by atoms with Crippen molar-refractivity contribution in [2.45, 2.75) is 19.9 Å². The molecular weight excluding hydrogens is 152 g/mol. The molecule has 1 amide bonds. The number of rotatable bonds is 2. The van der Waals surface area contributed by atoms with Crippen molar-refractivity contribution >= 4 is 5.91 Å². The lowest BCUT2D eigenvalue weighted by Crippen LogP contribution is -2.32. The monoisotopic (exact) mass is 166 g/mol. The molecule has 0 saturated carbocycles. The number of aromatic amines is 1. The fraction of sp³-hybridized carbons (Fsp3) is 0.444. The van der Waals surface area contributed by atoms with Crippen molar-refractivity contribution < 1.29 is 4.79 Å². The zero-order chi connectivity index (χ0) is 9.14. The lowest BCUT2D eigenvalue weighted by atomic mass is 10.2. The summed E-state index contributed by atoms with van der Waals surface area (Å²) in [5, 5.41) is 0. The molecule has 0 aromatic carbocycles. The van der Waals surface area contributed by atoms with Gasteiger partial charge in [0.05, 0.1) is 5.56 Å². The first-order chi connectivity index (χ1) is 5.63. The Morgan fingerprint density at radius 2 is 2.25 bits per heavy atom. The number of carbonyl (C=O) groups excluding carboxylic acids is 1. The molecule has 0 aliphatic carbocycles. The Labute approximate surface area is 72.4 Å². The predicted octanol–water partition coefficient (Wildman–Crippen LogP) is 1.50. The minimum atomic E-state index is 0.0613. The standard InChI is InChI=1S/C9H14N2O/c1-7(2)11(3)9(12)8-4-5-10-6-8/h4-7,10H,1-3H3. The number of nitrogens with zero attached hydrogens (tertiary/aromatic N) is 1. The van der Waals surface area contributed by atoms with Crippen molar-refractivity contribution in [3.63, 3.8) is 0 Å². The fourth-order valence-electron chi connectivity index (χ4n) is 0.895. The largest absolute Gasteiger partial charge is 0.367 e. The van der Waals surface area contributed by atoms with Crippen molar-refractivity contribution in [2.24, 2.45) is 0 Å². The Bertz CT molecular complexity index is 252. The van der Waals surface area contributed by atoms with E-state index < -0.39 is 0 Å². The van der Waals surface area contributed by atoms with Crippen LogP contribution >= 0.6 is 0 Å². The molecule has 0 spiro atoms. The van der Waals surface area contributed by atoms with Gasteiger partial charge in [-0.1, -0.05) is 0 Å². The van der Waals surface area contributed by atoms with Crippen LogP contribution in [0.25, 0.3) is 0 Å². The molecule has 0 fully saturated rings. The van der Waals surface area contributed by atoms with Crippen LogP contribution in [0.4, 0.5) is 0 Å². The topological polar surface area (TPSA) is 36.1 Å². The minimum absolute atomic E-state index is 0.0613. The van der Waals surface area contributed by atoms with Gasteiger partial charge in [-0.3, -0.25) is 4.79 Å². The summed E-state index contributed by atoms with van der Waals surface area (Å²) in [6.07, 6.45) is 3.46. The Kier molecular flexibility index (Phi) is 2.53. The summed E-state index contributed by atoms with van der Waals surface area (Å²) >= 11 is 0. The van der Waals surface area contributed by atoms with Crippen molar-refractivity contribution in [3.8, 4) is 0 Å². The molecule has 0 aliphatic heterocycles. The first kappa shape index (κ1) is 8.84. The van der Waals surface area contributed by atoms with E-state index in [0.717, 1.165) is 0 Å². The molecule has 1 heterocycles. The quantitative estimate of drug-likeness (QED) is 0.710. The normalized spacial score (nSPS) is 10.3. The van der Waals surface area contributed by atoms with Crippen LogP contribution in [0.2, 0.25) is 0 Å². The van der Waals surface area contributed by atoms with Gasteiger partial charge in [0.25, 0.3) is 5.91 Å². The summed E-state index contributed by atoms with van der Waals surface area (Å²) in [6, 6.07) is 2.02. The van der Waals surface area contributed by atoms with Crippen LogP contribution in [0.15, 0.2) is 18.5 Å². The lowest BCUT2D eigenvalue weighted by molar-refractivity contribution is 0.0755. The van der Waals surface area contributed by atoms with Crippen molar-refractivity contribution in [3.05, 3.63) is 24.0 Å². The second kappa shape index (κ2) is 3.43. The van der Waals surface area contributed by atoms with Crippen LogP contribution in [0.1, 0.15) is 24.2 Å². The van der Waals surface area contributed by atoms with E-state index in [4.69, 9.17) is 0 Å². The van der Waals surface area contributed by atoms with Gasteiger partial charge in [0.1, 0.15) is 0 Å². The molecule has 0 aliphatic rings. The highest BCUT2D eigenvalue weighted by Crippen LogP contribution is 2.04. The molecule has 3 heteroatoms. The summed E-state index contributed by atoms with van der Waals surface area (Å²) in [6.45, 7) is 3.98. The SMILES string of the molecule is CC(C)N(C)C(=O)c1cc[nH]c1. The van der Waals surface area contributed by atoms with Gasteiger partial charge in [-0.15, -0.1) is 0 Å². The second-order valence-corrected chi connectivity index (χ2v) is 3.11. The molecule has 0 saturated heterocycles. The molecule has 0 radical (unpaired) electrons. The molecule has 0 unspecified atom stereocenters. The van der Waals surface area contributed by atoms with Gasteiger partial charge in [-0.2, -0.15) is 0 Å². The third-order valence-electron chi connectivity index (χ3n) is 1.94. The molecular formula is C9H14N2O. The van der Waals surface area contributed by atoms with Gasteiger partial charge in [0.15, 0.2) is 0 Å². The predicted molar refractivity (Wildman–Crippen MR) is 48.0 cm³/mol. The maximum Gasteiger partial charge on any atom is 0.255 e. The van der Waals surface area contributed by atoms with Crippen LogP contribution in [0.5, 0.6) is 0 Å². The molecule has 66 valence electrons. The molecule has 3 nitrogen and oxygen atoms in total. The van der Waals surface area contributed by atoms with E-state index >= 15 is 0 Å². The van der Waals surface area contributed by atoms with E-state index in [9.17, 15) is 4.79 Å². The van der Waals surface area contributed by atoms with E-state index in [2.05, 4.69) is 4.98 Å². The van der Waals surface area contributed by atoms with E-state index in [-0.39, 0.29) is 11.9 Å². The highest BCUT2D eigenvalue weighted by molar-refractivity contribution is 5.93. The number of H-pyrrole nitrogens is 1. The summed E-state index contributed by atoms with van der Waals surface area (Å²) in [5.74, 6) is 0.0613. The zero-order valence-corrected chi connectivity index (χ0v) is 7.66. The van der Waals surface area contributed by atoms with Gasteiger partial charge in [0, 0.05) is 25.5 Å². The number of amides is 1. The number of carbonyl (C=O) groups is 1. The number of aromatic nitrogens is 1. The third kappa shape index (κ3) is 1.67. The molecule has 0 bridgehead atoms. The summed E-state index contributed by atoms with van der Waals surface area (Å²) in [4.78, 5) is 16.1. The number of nitrogens with one attached hydrogen (secondary N) is 1. The van der Waals surface area contributed by atoms with Crippen LogP contribution < -0.4 is 0 Å². The van der Waals surface area contributed by atoms with E-state index in [0.29, 0.717) is 5.56 Å². The number of hydrogen-bond acceptors (Lipinski definition) is 1. The third-order valence-corrected chi connectivity index (χ3v) is 1.94. The van der Waals surface area contributed by atoms with E-state index in [1.807, 2.05) is 13.8 Å². The maximum atomic E-state index is 11.6. The average molecular weight is 166 g/mol. The Morgan fingerprint density at radius 1 is 1.58 bits per heavy atom. The highest BCUT2D eigenvalue weighted by Gasteiger charge is 2.13. The van der Waals surface area contributed by atoms with Crippen molar-refractivity contribution in [1.82, 2.24) is 9.88 Å². The summed E-state index contributed by atoms with van der Waals surface area (Å²) in [5.41, 5.74) is 0.714. The van der Waals surface area contributed by atoms with Crippen LogP contribution in [0, 0.1) is 0 Å². The second-order valence-electron chi connectivity index (χ2n) is 3.11. The Morgan fingerprint density at radius 3 is 2.67 bits per heavy atom. The molecule has 1 rings (SSSR count).